The van der Waals surface area contributed by atoms with Crippen molar-refractivity contribution in [1.82, 2.24) is 14.8 Å². The summed E-state index contributed by atoms with van der Waals surface area (Å²) in [5.74, 6) is 1.07. The van der Waals surface area contributed by atoms with E-state index in [1.54, 1.807) is 18.3 Å². The fraction of sp³-hybridized carbons (Fsp3) is 0.400. The number of carbonyl (C=O) groups excluding carboxylic acids is 1. The van der Waals surface area contributed by atoms with Crippen LogP contribution >= 0.6 is 0 Å². The van der Waals surface area contributed by atoms with Crippen molar-refractivity contribution < 1.29 is 4.79 Å². The smallest absolute Gasteiger partial charge is 0.255 e. The third-order valence-corrected chi connectivity index (χ3v) is 5.38. The molecule has 2 N–H and O–H groups in total. The van der Waals surface area contributed by atoms with E-state index in [4.69, 9.17) is 5.73 Å². The number of nitrogen functional groups attached to an aromatic ring is 1. The standard InChI is InChI=1S/C20H24N4O/c21-19-9-7-17(10-22-19)20(25)24-13-16-6-8-18(14-24)23(12-16)11-15-4-2-1-3-5-15/h1-5,7,9-10,16,18H,6,8,11-14H2,(H2,21,22)/t16-,18-/m1/s1. The van der Waals surface area contributed by atoms with E-state index in [0.29, 0.717) is 23.3 Å². The molecule has 2 aromatic rings. The lowest BCUT2D eigenvalue weighted by Crippen LogP contribution is -2.43. The van der Waals surface area contributed by atoms with E-state index in [1.165, 1.54) is 18.4 Å². The monoisotopic (exact) mass is 336 g/mol. The zero-order valence-electron chi connectivity index (χ0n) is 14.3. The second-order valence-corrected chi connectivity index (χ2v) is 7.19. The number of fused-ring (bicyclic) bond motifs is 4. The molecule has 4 heterocycles. The van der Waals surface area contributed by atoms with Gasteiger partial charge in [-0.3, -0.25) is 9.69 Å². The molecule has 130 valence electrons. The van der Waals surface area contributed by atoms with Gasteiger partial charge < -0.3 is 10.6 Å². The normalized spacial score (nSPS) is 23.4. The number of anilines is 1. The van der Waals surface area contributed by atoms with Crippen LogP contribution in [0.15, 0.2) is 48.7 Å². The topological polar surface area (TPSA) is 62.5 Å². The summed E-state index contributed by atoms with van der Waals surface area (Å²) < 4.78 is 0. The number of pyridine rings is 1. The molecule has 2 bridgehead atoms. The minimum Gasteiger partial charge on any atom is -0.384 e. The summed E-state index contributed by atoms with van der Waals surface area (Å²) in [4.78, 5) is 21.5. The van der Waals surface area contributed by atoms with Crippen molar-refractivity contribution >= 4 is 11.7 Å². The molecule has 0 aliphatic carbocycles. The van der Waals surface area contributed by atoms with Crippen LogP contribution < -0.4 is 5.73 Å². The molecule has 3 fully saturated rings. The average Bonchev–Trinajstić information content (AvgIpc) is 2.94. The van der Waals surface area contributed by atoms with Gasteiger partial charge in [-0.2, -0.15) is 0 Å². The summed E-state index contributed by atoms with van der Waals surface area (Å²) in [6.07, 6.45) is 3.97. The number of hydrogen-bond acceptors (Lipinski definition) is 4. The van der Waals surface area contributed by atoms with Crippen molar-refractivity contribution in [2.75, 3.05) is 25.4 Å². The molecule has 5 rings (SSSR count). The molecule has 0 unspecified atom stereocenters. The molecule has 3 aliphatic rings. The van der Waals surface area contributed by atoms with Crippen molar-refractivity contribution in [2.45, 2.75) is 25.4 Å². The quantitative estimate of drug-likeness (QED) is 0.935. The number of rotatable bonds is 3. The Morgan fingerprint density at radius 3 is 2.68 bits per heavy atom. The fourth-order valence-electron chi connectivity index (χ4n) is 4.07. The Morgan fingerprint density at radius 2 is 1.92 bits per heavy atom. The Balaban J connectivity index is 1.49. The number of amides is 1. The molecule has 3 aliphatic heterocycles. The predicted molar refractivity (Wildman–Crippen MR) is 97.9 cm³/mol. The fourth-order valence-corrected chi connectivity index (χ4v) is 4.07. The van der Waals surface area contributed by atoms with Gasteiger partial charge in [0.05, 0.1) is 5.56 Å². The lowest BCUT2D eigenvalue weighted by molar-refractivity contribution is 0.0735. The molecule has 1 amide bonds. The van der Waals surface area contributed by atoms with Crippen LogP contribution in [0.5, 0.6) is 0 Å². The Labute approximate surface area is 148 Å². The van der Waals surface area contributed by atoms with Gasteiger partial charge in [0.2, 0.25) is 0 Å². The summed E-state index contributed by atoms with van der Waals surface area (Å²) in [5.41, 5.74) is 7.61. The maximum absolute atomic E-state index is 12.9. The summed E-state index contributed by atoms with van der Waals surface area (Å²) in [6, 6.07) is 14.5. The first-order chi connectivity index (χ1) is 12.2. The van der Waals surface area contributed by atoms with Gasteiger partial charge in [-0.05, 0) is 36.5 Å². The van der Waals surface area contributed by atoms with Crippen LogP contribution in [0.3, 0.4) is 0 Å². The van der Waals surface area contributed by atoms with Gasteiger partial charge >= 0.3 is 0 Å². The summed E-state index contributed by atoms with van der Waals surface area (Å²) in [7, 11) is 0. The van der Waals surface area contributed by atoms with E-state index in [2.05, 4.69) is 40.2 Å². The predicted octanol–water partition coefficient (Wildman–Crippen LogP) is 2.40. The van der Waals surface area contributed by atoms with Gasteiger partial charge in [0.25, 0.3) is 5.91 Å². The second kappa shape index (κ2) is 6.84. The molecule has 0 spiro atoms. The molecule has 5 heteroatoms. The number of carbonyl (C=O) groups is 1. The van der Waals surface area contributed by atoms with Crippen molar-refractivity contribution in [3.8, 4) is 0 Å². The zero-order valence-corrected chi connectivity index (χ0v) is 14.3. The van der Waals surface area contributed by atoms with Gasteiger partial charge in [-0.25, -0.2) is 4.98 Å². The van der Waals surface area contributed by atoms with Crippen molar-refractivity contribution in [2.24, 2.45) is 5.92 Å². The van der Waals surface area contributed by atoms with E-state index in [9.17, 15) is 4.79 Å². The number of nitrogens with two attached hydrogens (primary N) is 1. The van der Waals surface area contributed by atoms with E-state index in [-0.39, 0.29) is 5.91 Å². The third kappa shape index (κ3) is 3.51. The van der Waals surface area contributed by atoms with E-state index in [1.807, 2.05) is 4.90 Å². The highest BCUT2D eigenvalue weighted by atomic mass is 16.2. The first-order valence-electron chi connectivity index (χ1n) is 8.98. The minimum atomic E-state index is 0.0750. The Morgan fingerprint density at radius 1 is 1.08 bits per heavy atom. The van der Waals surface area contributed by atoms with E-state index < -0.39 is 0 Å². The molecular weight excluding hydrogens is 312 g/mol. The largest absolute Gasteiger partial charge is 0.384 e. The SMILES string of the molecule is Nc1ccc(C(=O)N2C[C@@H]3CC[C@H](C2)N(Cc2ccccc2)C3)cn1. The average molecular weight is 336 g/mol. The summed E-state index contributed by atoms with van der Waals surface area (Å²) >= 11 is 0. The Bertz CT molecular complexity index is 731. The molecule has 0 saturated carbocycles. The molecular formula is C20H24N4O. The van der Waals surface area contributed by atoms with Gasteiger partial charge in [-0.1, -0.05) is 30.3 Å². The van der Waals surface area contributed by atoms with Crippen LogP contribution in [0.25, 0.3) is 0 Å². The van der Waals surface area contributed by atoms with Crippen LogP contribution in [-0.4, -0.2) is 46.4 Å². The highest BCUT2D eigenvalue weighted by Gasteiger charge is 2.36. The lowest BCUT2D eigenvalue weighted by atomic mass is 9.94. The maximum Gasteiger partial charge on any atom is 0.255 e. The summed E-state index contributed by atoms with van der Waals surface area (Å²) in [6.45, 7) is 3.67. The molecule has 2 atom stereocenters. The van der Waals surface area contributed by atoms with Crippen LogP contribution in [0.4, 0.5) is 5.82 Å². The third-order valence-electron chi connectivity index (χ3n) is 5.38. The number of piperidine rings is 1. The lowest BCUT2D eigenvalue weighted by Gasteiger charge is -2.36. The van der Waals surface area contributed by atoms with Crippen molar-refractivity contribution in [3.63, 3.8) is 0 Å². The van der Waals surface area contributed by atoms with Gasteiger partial charge in [0.1, 0.15) is 5.82 Å². The van der Waals surface area contributed by atoms with Crippen molar-refractivity contribution in [1.29, 1.82) is 0 Å². The first-order valence-corrected chi connectivity index (χ1v) is 8.98. The molecule has 0 radical (unpaired) electrons. The van der Waals surface area contributed by atoms with Crippen LogP contribution in [0.1, 0.15) is 28.8 Å². The number of benzene rings is 1. The molecule has 25 heavy (non-hydrogen) atoms. The summed E-state index contributed by atoms with van der Waals surface area (Å²) in [5, 5.41) is 0. The van der Waals surface area contributed by atoms with Gasteiger partial charge in [0.15, 0.2) is 0 Å². The van der Waals surface area contributed by atoms with E-state index in [0.717, 1.165) is 26.2 Å². The number of hydrogen-bond donors (Lipinski definition) is 1. The van der Waals surface area contributed by atoms with Crippen LogP contribution in [-0.2, 0) is 6.54 Å². The highest BCUT2D eigenvalue weighted by Crippen LogP contribution is 2.30. The second-order valence-electron chi connectivity index (χ2n) is 7.19. The van der Waals surface area contributed by atoms with Gasteiger partial charge in [0, 0.05) is 38.4 Å². The molecule has 1 aromatic carbocycles. The van der Waals surface area contributed by atoms with Crippen LogP contribution in [0, 0.1) is 5.92 Å². The first kappa shape index (κ1) is 16.1. The minimum absolute atomic E-state index is 0.0750. The Kier molecular flexibility index (Phi) is 4.40. The maximum atomic E-state index is 12.9. The molecule has 5 nitrogen and oxygen atoms in total. The molecule has 3 saturated heterocycles. The number of aromatic nitrogens is 1. The van der Waals surface area contributed by atoms with Gasteiger partial charge in [-0.15, -0.1) is 0 Å². The zero-order chi connectivity index (χ0) is 17.2. The highest BCUT2D eigenvalue weighted by molar-refractivity contribution is 5.94. The molecule has 1 aromatic heterocycles. The van der Waals surface area contributed by atoms with E-state index >= 15 is 0 Å². The Hall–Kier alpha value is -2.40. The van der Waals surface area contributed by atoms with Crippen molar-refractivity contribution in [3.05, 3.63) is 59.8 Å². The number of nitrogens with zero attached hydrogens (tertiary/aromatic N) is 3. The van der Waals surface area contributed by atoms with Crippen LogP contribution in [0.2, 0.25) is 0 Å².